The number of carbonyl (C=O) groups excluding carboxylic acids is 2. The van der Waals surface area contributed by atoms with Gasteiger partial charge in [-0.25, -0.2) is 0 Å². The number of fused-ring (bicyclic) bond motifs is 4. The average molecular weight is 677 g/mol. The van der Waals surface area contributed by atoms with Gasteiger partial charge >= 0.3 is 0 Å². The predicted octanol–water partition coefficient (Wildman–Crippen LogP) is 12.7. The van der Waals surface area contributed by atoms with E-state index >= 15 is 0 Å². The van der Waals surface area contributed by atoms with Gasteiger partial charge in [0.2, 0.25) is 11.6 Å². The molecule has 2 aliphatic heterocycles. The Bertz CT molecular complexity index is 1670. The molecule has 4 aromatic carbocycles. The monoisotopic (exact) mass is 676 g/mol. The van der Waals surface area contributed by atoms with E-state index in [1.165, 1.54) is 73.9 Å². The number of para-hydroxylation sites is 2. The Morgan fingerprint density at radius 1 is 0.583 bits per heavy atom. The Morgan fingerprint density at radius 2 is 1.02 bits per heavy atom. The maximum atomic E-state index is 13.6. The number of ketones is 2. The molecule has 0 aromatic heterocycles. The van der Waals surface area contributed by atoms with E-state index in [-0.39, 0.29) is 0 Å². The van der Waals surface area contributed by atoms with Crippen molar-refractivity contribution in [2.75, 3.05) is 10.6 Å². The van der Waals surface area contributed by atoms with Crippen molar-refractivity contribution in [2.45, 2.75) is 111 Å². The fraction of sp³-hybridized carbons (Fsp3) is 0.381. The highest BCUT2D eigenvalue weighted by atomic mass is 32.2. The van der Waals surface area contributed by atoms with Gasteiger partial charge in [-0.15, -0.1) is 0 Å². The Morgan fingerprint density at radius 3 is 1.42 bits per heavy atom. The Labute approximate surface area is 295 Å². The van der Waals surface area contributed by atoms with E-state index in [4.69, 9.17) is 0 Å². The minimum Gasteiger partial charge on any atom is -0.353 e. The predicted molar refractivity (Wildman–Crippen MR) is 203 cm³/mol. The molecule has 0 spiro atoms. The van der Waals surface area contributed by atoms with Crippen LogP contribution in [-0.2, 0) is 12.8 Å². The Kier molecular flexibility index (Phi) is 11.3. The molecule has 48 heavy (non-hydrogen) atoms. The summed E-state index contributed by atoms with van der Waals surface area (Å²) >= 11 is 3.34. The SMILES string of the molecule is CCCCC(CC)Cc1cccc2c1Nc1ccc(C(=O)C(=O)c3ccc4c(c3)Sc3cccc(CC(CC)CCCC)c3N4)cc1S2. The van der Waals surface area contributed by atoms with Gasteiger partial charge in [0.1, 0.15) is 0 Å². The Hall–Kier alpha value is -3.48. The first-order valence-electron chi connectivity index (χ1n) is 17.9. The normalized spacial score (nSPS) is 14.0. The van der Waals surface area contributed by atoms with Gasteiger partial charge in [-0.05, 0) is 84.3 Å². The zero-order chi connectivity index (χ0) is 33.6. The third kappa shape index (κ3) is 7.55. The van der Waals surface area contributed by atoms with Gasteiger partial charge in [0, 0.05) is 30.7 Å². The van der Waals surface area contributed by atoms with Gasteiger partial charge in [0.25, 0.3) is 0 Å². The van der Waals surface area contributed by atoms with Crippen molar-refractivity contribution in [2.24, 2.45) is 11.8 Å². The molecule has 0 bridgehead atoms. The van der Waals surface area contributed by atoms with E-state index in [2.05, 4.69) is 74.7 Å². The molecule has 0 aliphatic carbocycles. The minimum atomic E-state index is -0.478. The van der Waals surface area contributed by atoms with Gasteiger partial charge < -0.3 is 10.6 Å². The Balaban J connectivity index is 1.16. The number of benzene rings is 4. The maximum Gasteiger partial charge on any atom is 0.233 e. The summed E-state index contributed by atoms with van der Waals surface area (Å²) in [5.74, 6) is 0.395. The second kappa shape index (κ2) is 15.8. The molecule has 6 heteroatoms. The number of rotatable bonds is 15. The summed E-state index contributed by atoms with van der Waals surface area (Å²) in [7, 11) is 0. The number of hydrogen-bond acceptors (Lipinski definition) is 6. The molecule has 0 saturated carbocycles. The van der Waals surface area contributed by atoms with E-state index in [9.17, 15) is 9.59 Å². The lowest BCUT2D eigenvalue weighted by Crippen LogP contribution is -2.16. The van der Waals surface area contributed by atoms with Crippen molar-refractivity contribution in [1.29, 1.82) is 0 Å². The quantitative estimate of drug-likeness (QED) is 0.0834. The summed E-state index contributed by atoms with van der Waals surface area (Å²) in [6, 6.07) is 24.2. The summed E-state index contributed by atoms with van der Waals surface area (Å²) < 4.78 is 0. The van der Waals surface area contributed by atoms with Crippen LogP contribution in [0, 0.1) is 11.8 Å². The minimum absolute atomic E-state index is 0.422. The molecule has 6 rings (SSSR count). The molecule has 250 valence electrons. The van der Waals surface area contributed by atoms with Crippen molar-refractivity contribution in [3.63, 3.8) is 0 Å². The van der Waals surface area contributed by atoms with Crippen LogP contribution in [0.15, 0.2) is 92.4 Å². The second-order valence-corrected chi connectivity index (χ2v) is 15.5. The summed E-state index contributed by atoms with van der Waals surface area (Å²) in [5.41, 5.74) is 7.85. The van der Waals surface area contributed by atoms with Crippen molar-refractivity contribution < 1.29 is 9.59 Å². The molecule has 2 aliphatic rings. The van der Waals surface area contributed by atoms with Gasteiger partial charge in [-0.1, -0.05) is 127 Å². The van der Waals surface area contributed by atoms with Crippen LogP contribution in [0.25, 0.3) is 0 Å². The molecule has 2 heterocycles. The van der Waals surface area contributed by atoms with E-state index in [1.807, 2.05) is 24.3 Å². The fourth-order valence-electron chi connectivity index (χ4n) is 6.93. The van der Waals surface area contributed by atoms with E-state index in [0.29, 0.717) is 23.0 Å². The van der Waals surface area contributed by atoms with Crippen LogP contribution in [0.3, 0.4) is 0 Å². The van der Waals surface area contributed by atoms with Crippen LogP contribution in [0.5, 0.6) is 0 Å². The van der Waals surface area contributed by atoms with Crippen LogP contribution >= 0.6 is 23.5 Å². The van der Waals surface area contributed by atoms with Gasteiger partial charge in [-0.2, -0.15) is 0 Å². The van der Waals surface area contributed by atoms with Crippen LogP contribution in [0.2, 0.25) is 0 Å². The number of Topliss-reactive ketones (excluding diaryl/α,β-unsaturated/α-hetero) is 2. The lowest BCUT2D eigenvalue weighted by Gasteiger charge is -2.25. The molecule has 4 nitrogen and oxygen atoms in total. The van der Waals surface area contributed by atoms with E-state index < -0.39 is 11.6 Å². The van der Waals surface area contributed by atoms with Crippen LogP contribution in [-0.4, -0.2) is 11.6 Å². The summed E-state index contributed by atoms with van der Waals surface area (Å²) in [6.45, 7) is 9.10. The highest BCUT2D eigenvalue weighted by molar-refractivity contribution is 8.00. The number of anilines is 4. The number of hydrogen-bond donors (Lipinski definition) is 2. The summed E-state index contributed by atoms with van der Waals surface area (Å²) in [4.78, 5) is 31.4. The summed E-state index contributed by atoms with van der Waals surface area (Å²) in [5, 5.41) is 7.33. The van der Waals surface area contributed by atoms with E-state index in [0.717, 1.165) is 43.8 Å². The molecule has 0 amide bonds. The van der Waals surface area contributed by atoms with Crippen molar-refractivity contribution in [3.8, 4) is 0 Å². The molecule has 2 unspecified atom stereocenters. The smallest absolute Gasteiger partial charge is 0.233 e. The zero-order valence-corrected chi connectivity index (χ0v) is 30.4. The molecular formula is C42H48N2O2S2. The summed E-state index contributed by atoms with van der Waals surface area (Å²) in [6.07, 6.45) is 12.0. The number of unbranched alkanes of at least 4 members (excludes halogenated alkanes) is 2. The number of nitrogens with one attached hydrogen (secondary N) is 2. The third-order valence-electron chi connectivity index (χ3n) is 9.98. The fourth-order valence-corrected chi connectivity index (χ4v) is 9.09. The van der Waals surface area contributed by atoms with Gasteiger partial charge in [0.15, 0.2) is 0 Å². The van der Waals surface area contributed by atoms with Crippen LogP contribution in [0.1, 0.15) is 111 Å². The topological polar surface area (TPSA) is 58.2 Å². The highest BCUT2D eigenvalue weighted by Gasteiger charge is 2.26. The lowest BCUT2D eigenvalue weighted by atomic mass is 9.91. The van der Waals surface area contributed by atoms with Crippen molar-refractivity contribution in [3.05, 3.63) is 95.1 Å². The average Bonchev–Trinajstić information content (AvgIpc) is 3.12. The molecular weight excluding hydrogens is 629 g/mol. The standard InChI is InChI=1S/C42H48N2O2S2/c1-5-9-13-27(7-3)23-29-15-11-17-35-39(29)43-33-21-19-31(25-37(33)47-35)41(45)42(46)32-20-22-34-38(26-32)48-36-18-12-16-30(40(36)44-34)24-28(8-4)14-10-6-2/h11-12,15-22,25-28,43-44H,5-10,13-14,23-24H2,1-4H3. The zero-order valence-electron chi connectivity index (χ0n) is 28.8. The highest BCUT2D eigenvalue weighted by Crippen LogP contribution is 2.48. The van der Waals surface area contributed by atoms with E-state index in [1.54, 1.807) is 35.7 Å². The molecule has 2 N–H and O–H groups in total. The molecule has 4 aromatic rings. The lowest BCUT2D eigenvalue weighted by molar-refractivity contribution is 0.0816. The molecule has 0 radical (unpaired) electrons. The van der Waals surface area contributed by atoms with Crippen LogP contribution < -0.4 is 10.6 Å². The van der Waals surface area contributed by atoms with Gasteiger partial charge in [-0.3, -0.25) is 9.59 Å². The van der Waals surface area contributed by atoms with Crippen molar-refractivity contribution >= 4 is 57.8 Å². The number of carbonyl (C=O) groups is 2. The first kappa shape index (κ1) is 34.4. The van der Waals surface area contributed by atoms with Gasteiger partial charge in [0.05, 0.1) is 22.7 Å². The maximum absolute atomic E-state index is 13.6. The van der Waals surface area contributed by atoms with Crippen LogP contribution in [0.4, 0.5) is 22.7 Å². The van der Waals surface area contributed by atoms with Crippen molar-refractivity contribution in [1.82, 2.24) is 0 Å². The third-order valence-corrected chi connectivity index (χ3v) is 12.2. The second-order valence-electron chi connectivity index (χ2n) is 13.4. The largest absolute Gasteiger partial charge is 0.353 e. The first-order valence-corrected chi connectivity index (χ1v) is 19.6. The molecule has 2 atom stereocenters. The molecule has 0 fully saturated rings. The first-order chi connectivity index (χ1) is 23.4. The molecule has 0 saturated heterocycles.